The number of benzene rings is 1. The largest absolute Gasteiger partial charge is 0.396 e. The minimum atomic E-state index is -1.07. The SMILES string of the molecule is CCCCN1c2nccc[n+]2C[C@@]1(O)c1ccc(Cl)cc1. The molecule has 1 aliphatic rings. The average molecular weight is 305 g/mol. The van der Waals surface area contributed by atoms with Gasteiger partial charge in [0.25, 0.3) is 0 Å². The molecule has 1 aliphatic heterocycles. The molecule has 1 aromatic heterocycles. The molecule has 2 heterocycles. The molecule has 4 nitrogen and oxygen atoms in total. The van der Waals surface area contributed by atoms with Crippen molar-refractivity contribution >= 4 is 17.5 Å². The molecule has 0 saturated heterocycles. The normalized spacial score (nSPS) is 20.6. The summed E-state index contributed by atoms with van der Waals surface area (Å²) < 4.78 is 1.99. The van der Waals surface area contributed by atoms with Crippen molar-refractivity contribution in [2.75, 3.05) is 11.4 Å². The molecule has 5 heteroatoms. The van der Waals surface area contributed by atoms with E-state index in [1.165, 1.54) is 0 Å². The molecular weight excluding hydrogens is 286 g/mol. The van der Waals surface area contributed by atoms with Crippen LogP contribution in [0.5, 0.6) is 0 Å². The lowest BCUT2D eigenvalue weighted by atomic mass is 10.0. The fourth-order valence-electron chi connectivity index (χ4n) is 2.79. The number of rotatable bonds is 4. The topological polar surface area (TPSA) is 40.2 Å². The second-order valence-corrected chi connectivity index (χ2v) is 5.81. The molecule has 110 valence electrons. The van der Waals surface area contributed by atoms with Gasteiger partial charge in [0.1, 0.15) is 12.7 Å². The van der Waals surface area contributed by atoms with Crippen LogP contribution in [0.3, 0.4) is 0 Å². The Morgan fingerprint density at radius 2 is 2.14 bits per heavy atom. The van der Waals surface area contributed by atoms with Crippen molar-refractivity contribution in [1.29, 1.82) is 0 Å². The maximum atomic E-state index is 11.3. The maximum absolute atomic E-state index is 11.3. The Hall–Kier alpha value is -1.65. The van der Waals surface area contributed by atoms with Crippen LogP contribution in [0.1, 0.15) is 25.3 Å². The zero-order chi connectivity index (χ0) is 14.9. The van der Waals surface area contributed by atoms with E-state index in [2.05, 4.69) is 11.9 Å². The molecule has 0 spiro atoms. The Morgan fingerprint density at radius 3 is 2.86 bits per heavy atom. The number of nitrogens with zero attached hydrogens (tertiary/aromatic N) is 3. The van der Waals surface area contributed by atoms with Crippen molar-refractivity contribution in [3.05, 3.63) is 53.3 Å². The molecule has 0 aliphatic carbocycles. The van der Waals surface area contributed by atoms with Crippen molar-refractivity contribution in [2.24, 2.45) is 0 Å². The van der Waals surface area contributed by atoms with Gasteiger partial charge in [-0.3, -0.25) is 0 Å². The maximum Gasteiger partial charge on any atom is 0.396 e. The first-order valence-electron chi connectivity index (χ1n) is 7.25. The molecule has 2 aromatic rings. The van der Waals surface area contributed by atoms with Crippen molar-refractivity contribution in [3.8, 4) is 0 Å². The summed E-state index contributed by atoms with van der Waals surface area (Å²) in [5.74, 6) is 0.809. The number of fused-ring (bicyclic) bond motifs is 1. The van der Waals surface area contributed by atoms with E-state index in [-0.39, 0.29) is 0 Å². The van der Waals surface area contributed by atoms with E-state index in [1.807, 2.05) is 46.0 Å². The Morgan fingerprint density at radius 1 is 1.38 bits per heavy atom. The first-order chi connectivity index (χ1) is 10.1. The van der Waals surface area contributed by atoms with Crippen LogP contribution in [0, 0.1) is 0 Å². The van der Waals surface area contributed by atoms with Crippen LogP contribution < -0.4 is 9.47 Å². The van der Waals surface area contributed by atoms with Crippen LogP contribution in [-0.2, 0) is 12.3 Å². The second kappa shape index (κ2) is 5.62. The van der Waals surface area contributed by atoms with Gasteiger partial charge < -0.3 is 5.11 Å². The highest BCUT2D eigenvalue weighted by Gasteiger charge is 2.50. The summed E-state index contributed by atoms with van der Waals surface area (Å²) in [7, 11) is 0. The molecule has 1 N–H and O–H groups in total. The number of aromatic nitrogens is 2. The summed E-state index contributed by atoms with van der Waals surface area (Å²) in [4.78, 5) is 6.42. The third-order valence-corrected chi connectivity index (χ3v) is 4.17. The smallest absolute Gasteiger partial charge is 0.353 e. The number of hydrogen-bond donors (Lipinski definition) is 1. The van der Waals surface area contributed by atoms with Gasteiger partial charge in [0.15, 0.2) is 0 Å². The number of unbranched alkanes of at least 4 members (excludes halogenated alkanes) is 1. The molecule has 0 amide bonds. The number of halogens is 1. The van der Waals surface area contributed by atoms with Gasteiger partial charge in [-0.05, 0) is 18.6 Å². The monoisotopic (exact) mass is 304 g/mol. The lowest BCUT2D eigenvalue weighted by Crippen LogP contribution is -2.46. The molecule has 0 fully saturated rings. The summed E-state index contributed by atoms with van der Waals surface area (Å²) in [6.07, 6.45) is 5.79. The van der Waals surface area contributed by atoms with E-state index < -0.39 is 5.72 Å². The zero-order valence-electron chi connectivity index (χ0n) is 12.0. The number of hydrogen-bond acceptors (Lipinski definition) is 3. The van der Waals surface area contributed by atoms with Crippen LogP contribution in [-0.4, -0.2) is 16.6 Å². The highest BCUT2D eigenvalue weighted by atomic mass is 35.5. The average Bonchev–Trinajstić information content (AvgIpc) is 2.78. The second-order valence-electron chi connectivity index (χ2n) is 5.38. The van der Waals surface area contributed by atoms with E-state index >= 15 is 0 Å². The minimum absolute atomic E-state index is 0.474. The van der Waals surface area contributed by atoms with Crippen LogP contribution in [0.15, 0.2) is 42.7 Å². The predicted octanol–water partition coefficient (Wildman–Crippen LogP) is 2.49. The van der Waals surface area contributed by atoms with Crippen molar-refractivity contribution in [1.82, 2.24) is 4.98 Å². The van der Waals surface area contributed by atoms with E-state index in [0.717, 1.165) is 30.9 Å². The quantitative estimate of drug-likeness (QED) is 0.882. The van der Waals surface area contributed by atoms with Crippen molar-refractivity contribution < 1.29 is 9.67 Å². The van der Waals surface area contributed by atoms with Gasteiger partial charge in [-0.2, -0.15) is 0 Å². The van der Waals surface area contributed by atoms with Gasteiger partial charge in [0.2, 0.25) is 5.72 Å². The zero-order valence-corrected chi connectivity index (χ0v) is 12.8. The van der Waals surface area contributed by atoms with Gasteiger partial charge in [-0.15, -0.1) is 0 Å². The number of aliphatic hydroxyl groups is 1. The molecule has 3 rings (SSSR count). The molecule has 1 atom stereocenters. The Kier molecular flexibility index (Phi) is 3.83. The molecule has 1 aromatic carbocycles. The number of anilines is 1. The van der Waals surface area contributed by atoms with Gasteiger partial charge in [0.05, 0.1) is 12.7 Å². The Balaban J connectivity index is 2.02. The molecule has 0 bridgehead atoms. The fraction of sp³-hybridized carbons (Fsp3) is 0.375. The highest BCUT2D eigenvalue weighted by Crippen LogP contribution is 2.34. The highest BCUT2D eigenvalue weighted by molar-refractivity contribution is 6.30. The summed E-state index contributed by atoms with van der Waals surface area (Å²) in [5.41, 5.74) is -0.227. The van der Waals surface area contributed by atoms with E-state index in [0.29, 0.717) is 11.6 Å². The van der Waals surface area contributed by atoms with Crippen LogP contribution in [0.25, 0.3) is 0 Å². The van der Waals surface area contributed by atoms with Crippen LogP contribution in [0.2, 0.25) is 5.02 Å². The first kappa shape index (κ1) is 14.3. The molecule has 0 radical (unpaired) electrons. The Labute approximate surface area is 129 Å². The lowest BCUT2D eigenvalue weighted by molar-refractivity contribution is -0.685. The third kappa shape index (κ3) is 2.49. The summed E-state index contributed by atoms with van der Waals surface area (Å²) >= 11 is 5.96. The molecule has 0 unspecified atom stereocenters. The van der Waals surface area contributed by atoms with E-state index in [9.17, 15) is 5.11 Å². The van der Waals surface area contributed by atoms with Gasteiger partial charge in [-0.25, -0.2) is 9.47 Å². The molecule has 0 saturated carbocycles. The van der Waals surface area contributed by atoms with E-state index in [1.54, 1.807) is 6.20 Å². The fourth-order valence-corrected chi connectivity index (χ4v) is 2.92. The van der Waals surface area contributed by atoms with Crippen LogP contribution >= 0.6 is 11.6 Å². The lowest BCUT2D eigenvalue weighted by Gasteiger charge is -2.28. The van der Waals surface area contributed by atoms with Crippen molar-refractivity contribution in [3.63, 3.8) is 0 Å². The van der Waals surface area contributed by atoms with Crippen molar-refractivity contribution in [2.45, 2.75) is 32.0 Å². The summed E-state index contributed by atoms with van der Waals surface area (Å²) in [5, 5.41) is 12.0. The Bertz CT molecular complexity index is 632. The van der Waals surface area contributed by atoms with Gasteiger partial charge >= 0.3 is 5.95 Å². The van der Waals surface area contributed by atoms with Gasteiger partial charge in [0, 0.05) is 16.7 Å². The van der Waals surface area contributed by atoms with Gasteiger partial charge in [-0.1, -0.05) is 42.1 Å². The van der Waals surface area contributed by atoms with E-state index in [4.69, 9.17) is 11.6 Å². The third-order valence-electron chi connectivity index (χ3n) is 3.92. The summed E-state index contributed by atoms with van der Waals surface area (Å²) in [6.45, 7) is 3.39. The standard InChI is InChI=1S/C16H19ClN3O/c1-2-3-11-20-15-18-9-4-10-19(15)12-16(20,21)13-5-7-14(17)8-6-13/h4-10,21H,2-3,11-12H2,1H3/q+1/t16-/m1/s1. The van der Waals surface area contributed by atoms with Crippen LogP contribution in [0.4, 0.5) is 5.95 Å². The molecule has 21 heavy (non-hydrogen) atoms. The molecular formula is C16H19ClN3O+. The summed E-state index contributed by atoms with van der Waals surface area (Å²) in [6, 6.07) is 9.28. The predicted molar refractivity (Wildman–Crippen MR) is 82.0 cm³/mol. The minimum Gasteiger partial charge on any atom is -0.353 e. The first-order valence-corrected chi connectivity index (χ1v) is 7.63.